The van der Waals surface area contributed by atoms with Crippen LogP contribution in [-0.4, -0.2) is 79.7 Å². The number of aromatic nitrogens is 6. The summed E-state index contributed by atoms with van der Waals surface area (Å²) < 4.78 is 16.7. The summed E-state index contributed by atoms with van der Waals surface area (Å²) in [7, 11) is 0. The van der Waals surface area contributed by atoms with Gasteiger partial charge in [-0.05, 0) is 74.0 Å². The maximum atomic E-state index is 12.8. The third-order valence-corrected chi connectivity index (χ3v) is 9.30. The number of nitrogens with zero attached hydrogens (tertiary/aromatic N) is 8. The Balaban J connectivity index is 0.971. The number of hydrogen-bond donors (Lipinski definition) is 1. The van der Waals surface area contributed by atoms with E-state index in [1.165, 1.54) is 11.0 Å². The molecule has 5 aromatic rings. The number of piperazine rings is 1. The molecule has 12 nitrogen and oxygen atoms in total. The molecule has 2 unspecified atom stereocenters. The number of halogens is 2. The molecule has 0 aliphatic carbocycles. The molecule has 258 valence electrons. The lowest BCUT2D eigenvalue weighted by molar-refractivity contribution is -0.0326. The van der Waals surface area contributed by atoms with Crippen molar-refractivity contribution in [1.82, 2.24) is 29.1 Å². The van der Waals surface area contributed by atoms with Gasteiger partial charge in [-0.15, -0.1) is 0 Å². The largest absolute Gasteiger partial charge is 0.491 e. The zero-order valence-corrected chi connectivity index (χ0v) is 29.0. The summed E-state index contributed by atoms with van der Waals surface area (Å²) in [6.07, 6.45) is 4.14. The Morgan fingerprint density at radius 3 is 2.12 bits per heavy atom. The molecule has 1 aliphatic heterocycles. The van der Waals surface area contributed by atoms with Gasteiger partial charge in [0.1, 0.15) is 43.5 Å². The van der Waals surface area contributed by atoms with E-state index < -0.39 is 12.2 Å². The van der Waals surface area contributed by atoms with Crippen LogP contribution < -0.4 is 20.2 Å². The topological polar surface area (TPSA) is 116 Å². The molecule has 0 radical (unpaired) electrons. The second kappa shape index (κ2) is 15.9. The minimum absolute atomic E-state index is 0.0326. The van der Waals surface area contributed by atoms with Gasteiger partial charge in [-0.25, -0.2) is 19.0 Å². The van der Waals surface area contributed by atoms with Crippen LogP contribution in [0.5, 0.6) is 5.75 Å². The monoisotopic (exact) mass is 706 g/mol. The predicted molar refractivity (Wildman–Crippen MR) is 190 cm³/mol. The molecule has 3 heterocycles. The quantitative estimate of drug-likeness (QED) is 0.161. The summed E-state index contributed by atoms with van der Waals surface area (Å²) in [6, 6.07) is 21.3. The molecular weight excluding hydrogens is 667 g/mol. The second-order valence-corrected chi connectivity index (χ2v) is 12.9. The molecule has 0 saturated carbocycles. The molecule has 2 aromatic heterocycles. The van der Waals surface area contributed by atoms with Gasteiger partial charge in [0, 0.05) is 53.2 Å². The lowest BCUT2D eigenvalue weighted by atomic mass is 10.1. The lowest BCUT2D eigenvalue weighted by Gasteiger charge is -2.37. The van der Waals surface area contributed by atoms with Gasteiger partial charge in [0.2, 0.25) is 0 Å². The Hall–Kier alpha value is -4.36. The average Bonchev–Trinajstić information content (AvgIpc) is 3.79. The highest BCUT2D eigenvalue weighted by Gasteiger charge is 2.21. The Morgan fingerprint density at radius 2 is 1.51 bits per heavy atom. The van der Waals surface area contributed by atoms with E-state index >= 15 is 0 Å². The van der Waals surface area contributed by atoms with Crippen LogP contribution in [0.3, 0.4) is 0 Å². The van der Waals surface area contributed by atoms with Crippen LogP contribution in [0.1, 0.15) is 38.0 Å². The standard InChI is InChI=1S/C35H40Cl2N8O4/c1-3-25(2)45-35(47)44(24-40-45)29-7-5-27(6-8-29)41-14-16-42(17-15-41)28-9-11-31(12-10-28)48-20-30(46)21-49-34(19-43-23-38-22-39-43)32-13-4-26(36)18-33(32)37/h4-13,18,22-25,30,34,46H,3,14-17,19-21H2,1-2H3/t25?,30-,34?/m0/s1. The molecule has 1 saturated heterocycles. The molecule has 1 fully saturated rings. The zero-order valence-electron chi connectivity index (χ0n) is 27.5. The molecule has 6 rings (SSSR count). The smallest absolute Gasteiger partial charge is 0.350 e. The van der Waals surface area contributed by atoms with E-state index in [1.807, 2.05) is 56.3 Å². The van der Waals surface area contributed by atoms with Crippen LogP contribution in [0, 0.1) is 0 Å². The SMILES string of the molecule is CCC(C)n1ncn(-c2ccc(N3CCN(c4ccc(OC[C@H](O)COC(Cn5cncn5)c5ccc(Cl)cc5Cl)cc4)CC3)cc2)c1=O. The molecule has 3 aromatic carbocycles. The fraction of sp³-hybridized carbons (Fsp3) is 0.371. The maximum Gasteiger partial charge on any atom is 0.350 e. The number of anilines is 2. The van der Waals surface area contributed by atoms with Gasteiger partial charge in [0.05, 0.1) is 24.9 Å². The van der Waals surface area contributed by atoms with Crippen molar-refractivity contribution in [2.45, 2.75) is 45.1 Å². The molecule has 0 bridgehead atoms. The zero-order chi connectivity index (χ0) is 34.3. The van der Waals surface area contributed by atoms with E-state index in [4.69, 9.17) is 32.7 Å². The van der Waals surface area contributed by atoms with Gasteiger partial charge in [-0.1, -0.05) is 36.2 Å². The molecule has 1 aliphatic rings. The molecule has 1 N–H and O–H groups in total. The molecule has 0 amide bonds. The van der Waals surface area contributed by atoms with Crippen LogP contribution in [0.15, 0.2) is 90.5 Å². The summed E-state index contributed by atoms with van der Waals surface area (Å²) in [6.45, 7) is 7.98. The van der Waals surface area contributed by atoms with Gasteiger partial charge in [-0.2, -0.15) is 10.2 Å². The fourth-order valence-electron chi connectivity index (χ4n) is 5.74. The fourth-order valence-corrected chi connectivity index (χ4v) is 6.27. The Labute approximate surface area is 295 Å². The first-order valence-electron chi connectivity index (χ1n) is 16.4. The number of aliphatic hydroxyl groups excluding tert-OH is 1. The highest BCUT2D eigenvalue weighted by atomic mass is 35.5. The molecular formula is C35H40Cl2N8O4. The van der Waals surface area contributed by atoms with Gasteiger partial charge in [0.25, 0.3) is 0 Å². The van der Waals surface area contributed by atoms with Crippen molar-refractivity contribution in [1.29, 1.82) is 0 Å². The Morgan fingerprint density at radius 1 is 0.857 bits per heavy atom. The minimum atomic E-state index is -0.866. The van der Waals surface area contributed by atoms with E-state index in [9.17, 15) is 9.90 Å². The van der Waals surface area contributed by atoms with Crippen molar-refractivity contribution in [2.24, 2.45) is 0 Å². The van der Waals surface area contributed by atoms with Crippen molar-refractivity contribution in [3.05, 3.63) is 112 Å². The number of rotatable bonds is 14. The maximum absolute atomic E-state index is 12.8. The summed E-state index contributed by atoms with van der Waals surface area (Å²) in [5, 5.41) is 20.1. The van der Waals surface area contributed by atoms with Crippen LogP contribution in [0.4, 0.5) is 11.4 Å². The molecule has 14 heteroatoms. The van der Waals surface area contributed by atoms with Crippen LogP contribution in [-0.2, 0) is 11.3 Å². The first-order valence-corrected chi connectivity index (χ1v) is 17.1. The van der Waals surface area contributed by atoms with Crippen molar-refractivity contribution in [3.63, 3.8) is 0 Å². The summed E-state index contributed by atoms with van der Waals surface area (Å²) >= 11 is 12.5. The average molecular weight is 708 g/mol. The normalized spacial score (nSPS) is 15.3. The van der Waals surface area contributed by atoms with E-state index in [2.05, 4.69) is 37.1 Å². The van der Waals surface area contributed by atoms with Gasteiger partial charge >= 0.3 is 5.69 Å². The summed E-state index contributed by atoms with van der Waals surface area (Å²) in [5.41, 5.74) is 3.66. The van der Waals surface area contributed by atoms with Crippen molar-refractivity contribution in [2.75, 3.05) is 49.2 Å². The summed E-state index contributed by atoms with van der Waals surface area (Å²) in [5.74, 6) is 0.662. The highest BCUT2D eigenvalue weighted by molar-refractivity contribution is 6.35. The second-order valence-electron chi connectivity index (χ2n) is 12.0. The van der Waals surface area contributed by atoms with Crippen molar-refractivity contribution < 1.29 is 14.6 Å². The molecule has 0 spiro atoms. The summed E-state index contributed by atoms with van der Waals surface area (Å²) in [4.78, 5) is 21.5. The van der Waals surface area contributed by atoms with E-state index in [0.717, 1.165) is 55.2 Å². The first-order chi connectivity index (χ1) is 23.8. The minimum Gasteiger partial charge on any atom is -0.491 e. The van der Waals surface area contributed by atoms with Gasteiger partial charge in [-0.3, -0.25) is 4.68 Å². The highest BCUT2D eigenvalue weighted by Crippen LogP contribution is 2.30. The van der Waals surface area contributed by atoms with E-state index in [-0.39, 0.29) is 24.9 Å². The van der Waals surface area contributed by atoms with E-state index in [0.29, 0.717) is 22.3 Å². The van der Waals surface area contributed by atoms with Crippen molar-refractivity contribution in [3.8, 4) is 11.4 Å². The lowest BCUT2D eigenvalue weighted by Crippen LogP contribution is -2.46. The van der Waals surface area contributed by atoms with Gasteiger partial charge in [0.15, 0.2) is 0 Å². The molecule has 49 heavy (non-hydrogen) atoms. The van der Waals surface area contributed by atoms with Crippen molar-refractivity contribution >= 4 is 34.6 Å². The molecule has 3 atom stereocenters. The Kier molecular flexibility index (Phi) is 11.2. The van der Waals surface area contributed by atoms with Crippen LogP contribution in [0.2, 0.25) is 10.0 Å². The Bertz CT molecular complexity index is 1840. The van der Waals surface area contributed by atoms with Crippen LogP contribution >= 0.6 is 23.2 Å². The first kappa shape index (κ1) is 34.5. The third kappa shape index (κ3) is 8.45. The van der Waals surface area contributed by atoms with Crippen LogP contribution in [0.25, 0.3) is 5.69 Å². The van der Waals surface area contributed by atoms with E-state index in [1.54, 1.807) is 34.0 Å². The number of hydrogen-bond acceptors (Lipinski definition) is 9. The number of ether oxygens (including phenoxy) is 2. The van der Waals surface area contributed by atoms with Gasteiger partial charge < -0.3 is 24.4 Å². The third-order valence-electron chi connectivity index (χ3n) is 8.74. The predicted octanol–water partition coefficient (Wildman–Crippen LogP) is 5.43. The number of benzene rings is 3. The number of aliphatic hydroxyl groups is 1.